The minimum Gasteiger partial charge on any atom is -0.308 e. The second-order valence-corrected chi connectivity index (χ2v) is 9.37. The molecule has 160 valence electrons. The van der Waals surface area contributed by atoms with Gasteiger partial charge in [-0.2, -0.15) is 13.2 Å². The molecule has 0 saturated carbocycles. The molecule has 0 aliphatic rings. The number of thioether (sulfide) groups is 1. The monoisotopic (exact) mass is 476 g/mol. The van der Waals surface area contributed by atoms with Gasteiger partial charge in [0.05, 0.1) is 17.0 Å². The number of sulfonamides is 1. The molecule has 1 heterocycles. The summed E-state index contributed by atoms with van der Waals surface area (Å²) in [6.07, 6.45) is -4.40. The van der Waals surface area contributed by atoms with Gasteiger partial charge in [-0.1, -0.05) is 41.6 Å². The number of benzene rings is 2. The Balaban J connectivity index is 1.64. The lowest BCUT2D eigenvalue weighted by Gasteiger charge is -2.09. The highest BCUT2D eigenvalue weighted by atomic mass is 35.5. The van der Waals surface area contributed by atoms with Crippen LogP contribution in [0.5, 0.6) is 0 Å². The largest absolute Gasteiger partial charge is 0.416 e. The summed E-state index contributed by atoms with van der Waals surface area (Å²) in [5, 5.41) is 8.82. The third kappa shape index (κ3) is 5.54. The van der Waals surface area contributed by atoms with Gasteiger partial charge in [-0.05, 0) is 35.9 Å². The van der Waals surface area contributed by atoms with Gasteiger partial charge in [0.25, 0.3) is 0 Å². The molecule has 1 N–H and O–H groups in total. The van der Waals surface area contributed by atoms with Crippen molar-refractivity contribution in [2.75, 3.05) is 0 Å². The number of nitrogens with zero attached hydrogens (tertiary/aromatic N) is 3. The number of hydrogen-bond acceptors (Lipinski definition) is 5. The molecule has 0 aliphatic carbocycles. The second-order valence-electron chi connectivity index (χ2n) is 6.22. The zero-order valence-electron chi connectivity index (χ0n) is 15.5. The molecule has 3 rings (SSSR count). The van der Waals surface area contributed by atoms with Gasteiger partial charge >= 0.3 is 6.18 Å². The summed E-state index contributed by atoms with van der Waals surface area (Å²) < 4.78 is 67.2. The van der Waals surface area contributed by atoms with Crippen LogP contribution in [0.1, 0.15) is 17.0 Å². The maximum Gasteiger partial charge on any atom is 0.416 e. The maximum absolute atomic E-state index is 12.8. The summed E-state index contributed by atoms with van der Waals surface area (Å²) in [6.45, 7) is -0.0986. The number of hydrogen-bond donors (Lipinski definition) is 1. The Kier molecular flexibility index (Phi) is 6.75. The normalized spacial score (nSPS) is 12.3. The van der Waals surface area contributed by atoms with Crippen LogP contribution in [0, 0.1) is 0 Å². The van der Waals surface area contributed by atoms with Crippen LogP contribution < -0.4 is 4.72 Å². The minimum atomic E-state index is -4.40. The Morgan fingerprint density at radius 1 is 1.13 bits per heavy atom. The highest BCUT2D eigenvalue weighted by Gasteiger charge is 2.30. The summed E-state index contributed by atoms with van der Waals surface area (Å²) in [5.74, 6) is 0.617. The minimum absolute atomic E-state index is 0.0632. The van der Waals surface area contributed by atoms with Gasteiger partial charge in [-0.15, -0.1) is 10.2 Å². The molecule has 1 aromatic heterocycles. The van der Waals surface area contributed by atoms with Crippen molar-refractivity contribution in [1.82, 2.24) is 19.5 Å². The first-order chi connectivity index (χ1) is 14.1. The molecule has 0 fully saturated rings. The van der Waals surface area contributed by atoms with E-state index in [1.807, 2.05) is 0 Å². The molecule has 0 atom stereocenters. The zero-order valence-corrected chi connectivity index (χ0v) is 17.9. The predicted octanol–water partition coefficient (Wildman–Crippen LogP) is 4.26. The van der Waals surface area contributed by atoms with Crippen LogP contribution in [0.25, 0.3) is 0 Å². The summed E-state index contributed by atoms with van der Waals surface area (Å²) in [5.41, 5.74) is -0.223. The number of nitrogens with one attached hydrogen (secondary N) is 1. The highest BCUT2D eigenvalue weighted by molar-refractivity contribution is 7.98. The van der Waals surface area contributed by atoms with Crippen molar-refractivity contribution >= 4 is 33.4 Å². The van der Waals surface area contributed by atoms with E-state index >= 15 is 0 Å². The standard InChI is InChI=1S/C18H16ClF3N4O2S2/c1-26-16(10-23-30(27,28)15-7-5-14(19)6-8-15)24-25-17(26)29-11-12-3-2-4-13(9-12)18(20,21)22/h2-9,23H,10-11H2,1H3. The molecule has 6 nitrogen and oxygen atoms in total. The molecule has 0 bridgehead atoms. The van der Waals surface area contributed by atoms with Gasteiger partial charge in [-0.25, -0.2) is 13.1 Å². The third-order valence-corrected chi connectivity index (χ3v) is 6.85. The smallest absolute Gasteiger partial charge is 0.308 e. The maximum atomic E-state index is 12.8. The SMILES string of the molecule is Cn1c(CNS(=O)(=O)c2ccc(Cl)cc2)nnc1SCc1cccc(C(F)(F)F)c1. The average molecular weight is 477 g/mol. The fourth-order valence-corrected chi connectivity index (χ4v) is 4.45. The van der Waals surface area contributed by atoms with Gasteiger partial charge in [0, 0.05) is 17.8 Å². The van der Waals surface area contributed by atoms with Crippen LogP contribution in [0.15, 0.2) is 58.6 Å². The molecule has 0 amide bonds. The summed E-state index contributed by atoms with van der Waals surface area (Å²) >= 11 is 6.97. The number of halogens is 4. The molecule has 0 spiro atoms. The van der Waals surface area contributed by atoms with E-state index in [1.165, 1.54) is 42.1 Å². The first kappa shape index (κ1) is 22.6. The molecule has 0 saturated heterocycles. The van der Waals surface area contributed by atoms with Gasteiger partial charge in [0.2, 0.25) is 10.0 Å². The lowest BCUT2D eigenvalue weighted by molar-refractivity contribution is -0.137. The quantitative estimate of drug-likeness (QED) is 0.516. The molecule has 30 heavy (non-hydrogen) atoms. The van der Waals surface area contributed by atoms with Gasteiger partial charge < -0.3 is 4.57 Å². The van der Waals surface area contributed by atoms with E-state index in [2.05, 4.69) is 14.9 Å². The van der Waals surface area contributed by atoms with Crippen molar-refractivity contribution in [1.29, 1.82) is 0 Å². The number of rotatable bonds is 7. The van der Waals surface area contributed by atoms with E-state index in [0.717, 1.165) is 12.1 Å². The van der Waals surface area contributed by atoms with E-state index < -0.39 is 21.8 Å². The number of aromatic nitrogens is 3. The third-order valence-electron chi connectivity index (χ3n) is 4.09. The van der Waals surface area contributed by atoms with E-state index in [0.29, 0.717) is 21.6 Å². The van der Waals surface area contributed by atoms with Gasteiger partial charge in [-0.3, -0.25) is 0 Å². The zero-order chi connectivity index (χ0) is 21.9. The first-order valence-corrected chi connectivity index (χ1v) is 11.3. The van der Waals surface area contributed by atoms with E-state index in [-0.39, 0.29) is 17.2 Å². The van der Waals surface area contributed by atoms with Crippen LogP contribution in [-0.2, 0) is 35.5 Å². The van der Waals surface area contributed by atoms with Crippen molar-refractivity contribution in [3.05, 3.63) is 70.5 Å². The Labute approximate surface area is 180 Å². The van der Waals surface area contributed by atoms with Crippen molar-refractivity contribution in [3.8, 4) is 0 Å². The van der Waals surface area contributed by atoms with Crippen LogP contribution in [0.4, 0.5) is 13.2 Å². The summed E-state index contributed by atoms with van der Waals surface area (Å²) in [6, 6.07) is 10.8. The topological polar surface area (TPSA) is 76.9 Å². The van der Waals surface area contributed by atoms with Crippen LogP contribution in [-0.4, -0.2) is 23.2 Å². The van der Waals surface area contributed by atoms with Crippen molar-refractivity contribution in [3.63, 3.8) is 0 Å². The molecule has 0 radical (unpaired) electrons. The van der Waals surface area contributed by atoms with Gasteiger partial charge in [0.1, 0.15) is 5.82 Å². The summed E-state index contributed by atoms with van der Waals surface area (Å²) in [7, 11) is -2.11. The second kappa shape index (κ2) is 8.96. The van der Waals surface area contributed by atoms with Crippen LogP contribution in [0.2, 0.25) is 5.02 Å². The lowest BCUT2D eigenvalue weighted by Crippen LogP contribution is -2.24. The van der Waals surface area contributed by atoms with Crippen LogP contribution in [0.3, 0.4) is 0 Å². The molecule has 0 unspecified atom stereocenters. The Hall–Kier alpha value is -2.08. The van der Waals surface area contributed by atoms with Gasteiger partial charge in [0.15, 0.2) is 5.16 Å². The van der Waals surface area contributed by atoms with Crippen LogP contribution >= 0.6 is 23.4 Å². The van der Waals surface area contributed by atoms with E-state index in [1.54, 1.807) is 17.7 Å². The average Bonchev–Trinajstić information content (AvgIpc) is 3.04. The van der Waals surface area contributed by atoms with Crippen molar-refractivity contribution in [2.24, 2.45) is 7.05 Å². The lowest BCUT2D eigenvalue weighted by atomic mass is 10.1. The fourth-order valence-electron chi connectivity index (χ4n) is 2.47. The van der Waals surface area contributed by atoms with E-state index in [9.17, 15) is 21.6 Å². The Morgan fingerprint density at radius 2 is 1.83 bits per heavy atom. The highest BCUT2D eigenvalue weighted by Crippen LogP contribution is 2.31. The predicted molar refractivity (Wildman–Crippen MR) is 107 cm³/mol. The Morgan fingerprint density at radius 3 is 2.50 bits per heavy atom. The Bertz CT molecular complexity index is 1130. The first-order valence-electron chi connectivity index (χ1n) is 8.49. The molecule has 12 heteroatoms. The molecular formula is C18H16ClF3N4O2S2. The van der Waals surface area contributed by atoms with Crippen molar-refractivity contribution < 1.29 is 21.6 Å². The summed E-state index contributed by atoms with van der Waals surface area (Å²) in [4.78, 5) is 0.0632. The number of alkyl halides is 3. The molecule has 3 aromatic rings. The molecular weight excluding hydrogens is 461 g/mol. The van der Waals surface area contributed by atoms with Crippen molar-refractivity contribution in [2.45, 2.75) is 28.5 Å². The fraction of sp³-hybridized carbons (Fsp3) is 0.222. The molecule has 2 aromatic carbocycles. The van der Waals surface area contributed by atoms with E-state index in [4.69, 9.17) is 11.6 Å². The molecule has 0 aliphatic heterocycles.